The van der Waals surface area contributed by atoms with Gasteiger partial charge in [0.15, 0.2) is 6.61 Å². The van der Waals surface area contributed by atoms with Gasteiger partial charge in [-0.3, -0.25) is 4.79 Å². The van der Waals surface area contributed by atoms with Crippen molar-refractivity contribution in [3.05, 3.63) is 29.3 Å². The molecule has 1 N–H and O–H groups in total. The SMILES string of the molecule is CN(C(=O)COc1ccc2c(c1)CCCC2O)C1CC1. The lowest BCUT2D eigenvalue weighted by Crippen LogP contribution is -2.33. The van der Waals surface area contributed by atoms with Crippen molar-refractivity contribution in [1.29, 1.82) is 0 Å². The van der Waals surface area contributed by atoms with E-state index in [2.05, 4.69) is 0 Å². The van der Waals surface area contributed by atoms with Crippen molar-refractivity contribution in [3.8, 4) is 5.75 Å². The summed E-state index contributed by atoms with van der Waals surface area (Å²) in [4.78, 5) is 13.7. The predicted octanol–water partition coefficient (Wildman–Crippen LogP) is 2.06. The average Bonchev–Trinajstić information content (AvgIpc) is 3.28. The molecule has 2 aliphatic rings. The Labute approximate surface area is 119 Å². The smallest absolute Gasteiger partial charge is 0.260 e. The molecule has 0 heterocycles. The Morgan fingerprint density at radius 1 is 1.40 bits per heavy atom. The highest BCUT2D eigenvalue weighted by Crippen LogP contribution is 2.32. The molecule has 1 aromatic carbocycles. The third-order valence-electron chi connectivity index (χ3n) is 4.25. The molecule has 1 amide bonds. The first kappa shape index (κ1) is 13.4. The molecule has 0 saturated heterocycles. The molecule has 108 valence electrons. The Kier molecular flexibility index (Phi) is 3.66. The van der Waals surface area contributed by atoms with Gasteiger partial charge in [-0.05, 0) is 55.4 Å². The largest absolute Gasteiger partial charge is 0.484 e. The summed E-state index contributed by atoms with van der Waals surface area (Å²) in [5.74, 6) is 0.751. The van der Waals surface area contributed by atoms with Crippen molar-refractivity contribution >= 4 is 5.91 Å². The van der Waals surface area contributed by atoms with E-state index in [9.17, 15) is 9.90 Å². The zero-order chi connectivity index (χ0) is 14.1. The number of likely N-dealkylation sites (N-methyl/N-ethyl adjacent to an activating group) is 1. The number of hydrogen-bond donors (Lipinski definition) is 1. The number of nitrogens with zero attached hydrogens (tertiary/aromatic N) is 1. The number of benzene rings is 1. The van der Waals surface area contributed by atoms with Crippen LogP contribution in [-0.4, -0.2) is 35.6 Å². The molecular formula is C16H21NO3. The monoisotopic (exact) mass is 275 g/mol. The molecule has 20 heavy (non-hydrogen) atoms. The van der Waals surface area contributed by atoms with E-state index in [1.165, 1.54) is 0 Å². The summed E-state index contributed by atoms with van der Waals surface area (Å²) >= 11 is 0. The molecule has 4 nitrogen and oxygen atoms in total. The minimum atomic E-state index is -0.351. The molecule has 0 spiro atoms. The van der Waals surface area contributed by atoms with E-state index in [4.69, 9.17) is 4.74 Å². The van der Waals surface area contributed by atoms with Crippen LogP contribution in [0.3, 0.4) is 0 Å². The summed E-state index contributed by atoms with van der Waals surface area (Å²) in [6.45, 7) is 0.0916. The molecule has 0 radical (unpaired) electrons. The van der Waals surface area contributed by atoms with E-state index in [-0.39, 0.29) is 18.6 Å². The Morgan fingerprint density at radius 3 is 2.95 bits per heavy atom. The number of rotatable bonds is 4. The van der Waals surface area contributed by atoms with Crippen LogP contribution in [0.25, 0.3) is 0 Å². The third-order valence-corrected chi connectivity index (χ3v) is 4.25. The fraction of sp³-hybridized carbons (Fsp3) is 0.562. The highest BCUT2D eigenvalue weighted by Gasteiger charge is 2.29. The van der Waals surface area contributed by atoms with Crippen molar-refractivity contribution in [2.24, 2.45) is 0 Å². The Morgan fingerprint density at radius 2 is 2.20 bits per heavy atom. The molecule has 1 saturated carbocycles. The van der Waals surface area contributed by atoms with Gasteiger partial charge in [0.2, 0.25) is 0 Å². The molecule has 1 fully saturated rings. The highest BCUT2D eigenvalue weighted by atomic mass is 16.5. The second kappa shape index (κ2) is 5.44. The van der Waals surface area contributed by atoms with Crippen molar-refractivity contribution in [2.75, 3.05) is 13.7 Å². The number of carbonyl (C=O) groups is 1. The normalized spacial score (nSPS) is 21.2. The van der Waals surface area contributed by atoms with Crippen LogP contribution in [0.1, 0.15) is 42.9 Å². The van der Waals surface area contributed by atoms with Crippen molar-refractivity contribution in [1.82, 2.24) is 4.90 Å². The molecule has 1 unspecified atom stereocenters. The summed E-state index contributed by atoms with van der Waals surface area (Å²) in [6, 6.07) is 6.15. The first-order chi connectivity index (χ1) is 9.65. The summed E-state index contributed by atoms with van der Waals surface area (Å²) in [5, 5.41) is 9.91. The van der Waals surface area contributed by atoms with E-state index in [1.54, 1.807) is 4.90 Å². The number of fused-ring (bicyclic) bond motifs is 1. The molecule has 1 aromatic rings. The van der Waals surface area contributed by atoms with Crippen LogP contribution in [0, 0.1) is 0 Å². The van der Waals surface area contributed by atoms with Crippen molar-refractivity contribution in [2.45, 2.75) is 44.2 Å². The van der Waals surface area contributed by atoms with Gasteiger partial charge in [-0.15, -0.1) is 0 Å². The van der Waals surface area contributed by atoms with Gasteiger partial charge in [0, 0.05) is 13.1 Å². The fourth-order valence-corrected chi connectivity index (χ4v) is 2.77. The van der Waals surface area contributed by atoms with Gasteiger partial charge in [0.25, 0.3) is 5.91 Å². The minimum Gasteiger partial charge on any atom is -0.484 e. The fourth-order valence-electron chi connectivity index (χ4n) is 2.77. The maximum Gasteiger partial charge on any atom is 0.260 e. The van der Waals surface area contributed by atoms with Crippen LogP contribution in [0.5, 0.6) is 5.75 Å². The second-order valence-electron chi connectivity index (χ2n) is 5.79. The maximum absolute atomic E-state index is 11.9. The van der Waals surface area contributed by atoms with Crippen LogP contribution < -0.4 is 4.74 Å². The first-order valence-corrected chi connectivity index (χ1v) is 7.34. The van der Waals surface area contributed by atoms with Crippen LogP contribution >= 0.6 is 0 Å². The maximum atomic E-state index is 11.9. The number of aliphatic hydroxyl groups is 1. The Balaban J connectivity index is 1.61. The second-order valence-corrected chi connectivity index (χ2v) is 5.79. The van der Waals surface area contributed by atoms with E-state index >= 15 is 0 Å². The quantitative estimate of drug-likeness (QED) is 0.915. The van der Waals surface area contributed by atoms with E-state index < -0.39 is 0 Å². The zero-order valence-electron chi connectivity index (χ0n) is 11.8. The van der Waals surface area contributed by atoms with Crippen LogP contribution in [0.4, 0.5) is 0 Å². The number of hydrogen-bond acceptors (Lipinski definition) is 3. The van der Waals surface area contributed by atoms with Gasteiger partial charge < -0.3 is 14.7 Å². The molecular weight excluding hydrogens is 254 g/mol. The van der Waals surface area contributed by atoms with Crippen LogP contribution in [0.15, 0.2) is 18.2 Å². The molecule has 1 atom stereocenters. The topological polar surface area (TPSA) is 49.8 Å². The van der Waals surface area contributed by atoms with Crippen molar-refractivity contribution < 1.29 is 14.6 Å². The van der Waals surface area contributed by atoms with Gasteiger partial charge in [0.05, 0.1) is 6.10 Å². The molecule has 3 rings (SSSR count). The molecule has 2 aliphatic carbocycles. The van der Waals surface area contributed by atoms with Gasteiger partial charge in [0.1, 0.15) is 5.75 Å². The van der Waals surface area contributed by atoms with Gasteiger partial charge in [-0.2, -0.15) is 0 Å². The summed E-state index contributed by atoms with van der Waals surface area (Å²) in [5.41, 5.74) is 2.15. The summed E-state index contributed by atoms with van der Waals surface area (Å²) in [6.07, 6.45) is 4.67. The number of carbonyl (C=O) groups excluding carboxylic acids is 1. The number of amides is 1. The van der Waals surface area contributed by atoms with Crippen LogP contribution in [-0.2, 0) is 11.2 Å². The van der Waals surface area contributed by atoms with Gasteiger partial charge in [-0.1, -0.05) is 6.07 Å². The number of aliphatic hydroxyl groups excluding tert-OH is 1. The van der Waals surface area contributed by atoms with E-state index in [0.29, 0.717) is 6.04 Å². The molecule has 0 aromatic heterocycles. The standard InChI is InChI=1S/C16H21NO3/c1-17(12-5-6-12)16(19)10-20-13-7-8-14-11(9-13)3-2-4-15(14)18/h7-9,12,15,18H,2-6,10H2,1H3. The average molecular weight is 275 g/mol. The minimum absolute atomic E-state index is 0.0326. The predicted molar refractivity (Wildman–Crippen MR) is 75.6 cm³/mol. The number of aryl methyl sites for hydroxylation is 1. The molecule has 0 aliphatic heterocycles. The zero-order valence-corrected chi connectivity index (χ0v) is 11.8. The summed E-state index contributed by atoms with van der Waals surface area (Å²) < 4.78 is 5.60. The van der Waals surface area contributed by atoms with E-state index in [0.717, 1.165) is 49.0 Å². The summed E-state index contributed by atoms with van der Waals surface area (Å²) in [7, 11) is 1.84. The lowest BCUT2D eigenvalue weighted by molar-refractivity contribution is -0.132. The van der Waals surface area contributed by atoms with Crippen LogP contribution in [0.2, 0.25) is 0 Å². The van der Waals surface area contributed by atoms with Crippen molar-refractivity contribution in [3.63, 3.8) is 0 Å². The Bertz CT molecular complexity index is 510. The number of ether oxygens (including phenoxy) is 1. The molecule has 0 bridgehead atoms. The molecule has 4 heteroatoms. The third kappa shape index (κ3) is 2.80. The highest BCUT2D eigenvalue weighted by molar-refractivity contribution is 5.78. The van der Waals surface area contributed by atoms with Gasteiger partial charge >= 0.3 is 0 Å². The first-order valence-electron chi connectivity index (χ1n) is 7.34. The lowest BCUT2D eigenvalue weighted by Gasteiger charge is -2.22. The lowest BCUT2D eigenvalue weighted by atomic mass is 9.89. The van der Waals surface area contributed by atoms with Gasteiger partial charge in [-0.25, -0.2) is 0 Å². The Hall–Kier alpha value is -1.55. The van der Waals surface area contributed by atoms with E-state index in [1.807, 2.05) is 25.2 Å².